The maximum absolute atomic E-state index is 11.3. The summed E-state index contributed by atoms with van der Waals surface area (Å²) in [5.41, 5.74) is 0. The van der Waals surface area contributed by atoms with Gasteiger partial charge in [-0.25, -0.2) is 0 Å². The Labute approximate surface area is 84.6 Å². The Morgan fingerprint density at radius 3 is 2.54 bits per heavy atom. The number of rotatable bonds is 2. The highest BCUT2D eigenvalue weighted by Crippen LogP contribution is 2.28. The zero-order valence-electron chi connectivity index (χ0n) is 7.62. The van der Waals surface area contributed by atoms with Crippen LogP contribution in [-0.4, -0.2) is 25.2 Å². The Morgan fingerprint density at radius 2 is 2.08 bits per heavy atom. The van der Waals surface area contributed by atoms with Crippen molar-refractivity contribution in [2.24, 2.45) is 5.92 Å². The van der Waals surface area contributed by atoms with Gasteiger partial charge < -0.3 is 10.1 Å². The van der Waals surface area contributed by atoms with E-state index in [-0.39, 0.29) is 30.4 Å². The smallest absolute Gasteiger partial charge is 0.309 e. The van der Waals surface area contributed by atoms with Crippen LogP contribution in [0.4, 0.5) is 0 Å². The molecular weight excluding hydrogens is 190 g/mol. The molecule has 76 valence electrons. The van der Waals surface area contributed by atoms with E-state index in [4.69, 9.17) is 4.74 Å². The van der Waals surface area contributed by atoms with Gasteiger partial charge in [-0.05, 0) is 25.8 Å². The van der Waals surface area contributed by atoms with Gasteiger partial charge in [-0.3, -0.25) is 4.79 Å². The normalized spacial score (nSPS) is 27.5. The Kier molecular flexibility index (Phi) is 4.00. The van der Waals surface area contributed by atoms with E-state index in [0.717, 1.165) is 32.4 Å². The van der Waals surface area contributed by atoms with Gasteiger partial charge in [0.15, 0.2) is 0 Å². The second-order valence-electron chi connectivity index (χ2n) is 3.68. The highest BCUT2D eigenvalue weighted by atomic mass is 35.5. The van der Waals surface area contributed by atoms with Crippen molar-refractivity contribution >= 4 is 18.4 Å². The number of ether oxygens (including phenoxy) is 1. The van der Waals surface area contributed by atoms with Crippen LogP contribution in [0.1, 0.15) is 25.7 Å². The molecule has 1 heterocycles. The summed E-state index contributed by atoms with van der Waals surface area (Å²) >= 11 is 0. The van der Waals surface area contributed by atoms with Crippen LogP contribution in [0.5, 0.6) is 0 Å². The minimum atomic E-state index is 0. The molecule has 1 aliphatic carbocycles. The summed E-state index contributed by atoms with van der Waals surface area (Å²) in [7, 11) is 0. The molecule has 1 atom stereocenters. The van der Waals surface area contributed by atoms with E-state index in [1.807, 2.05) is 0 Å². The van der Waals surface area contributed by atoms with Crippen LogP contribution in [0.2, 0.25) is 0 Å². The highest BCUT2D eigenvalue weighted by molar-refractivity contribution is 5.85. The molecule has 0 aromatic heterocycles. The summed E-state index contributed by atoms with van der Waals surface area (Å²) in [6, 6.07) is 0. The molecule has 1 unspecified atom stereocenters. The van der Waals surface area contributed by atoms with E-state index in [1.165, 1.54) is 6.42 Å². The minimum Gasteiger partial charge on any atom is -0.461 e. The third kappa shape index (κ3) is 2.58. The highest BCUT2D eigenvalue weighted by Gasteiger charge is 2.29. The van der Waals surface area contributed by atoms with Gasteiger partial charge in [0.25, 0.3) is 0 Å². The van der Waals surface area contributed by atoms with Gasteiger partial charge in [-0.15, -0.1) is 12.4 Å². The fraction of sp³-hybridized carbons (Fsp3) is 0.889. The molecular formula is C9H16ClNO2. The van der Waals surface area contributed by atoms with Crippen molar-refractivity contribution in [2.45, 2.75) is 31.8 Å². The average Bonchev–Trinajstić information content (AvgIpc) is 2.34. The number of nitrogens with one attached hydrogen (secondary N) is 1. The molecule has 2 fully saturated rings. The van der Waals surface area contributed by atoms with Gasteiger partial charge in [0.1, 0.15) is 6.10 Å². The second kappa shape index (κ2) is 4.82. The van der Waals surface area contributed by atoms with Crippen molar-refractivity contribution < 1.29 is 9.53 Å². The largest absolute Gasteiger partial charge is 0.461 e. The summed E-state index contributed by atoms with van der Waals surface area (Å²) in [5.74, 6) is 0.264. The van der Waals surface area contributed by atoms with Gasteiger partial charge in [-0.1, -0.05) is 6.42 Å². The van der Waals surface area contributed by atoms with Gasteiger partial charge in [0, 0.05) is 6.54 Å². The summed E-state index contributed by atoms with van der Waals surface area (Å²) < 4.78 is 5.31. The van der Waals surface area contributed by atoms with Crippen LogP contribution in [0.15, 0.2) is 0 Å². The molecule has 0 spiro atoms. The molecule has 1 N–H and O–H groups in total. The summed E-state index contributed by atoms with van der Waals surface area (Å²) in [6.45, 7) is 1.83. The molecule has 0 aromatic carbocycles. The first-order valence-electron chi connectivity index (χ1n) is 4.77. The van der Waals surface area contributed by atoms with Gasteiger partial charge >= 0.3 is 5.97 Å². The van der Waals surface area contributed by atoms with Crippen LogP contribution in [0.3, 0.4) is 0 Å². The van der Waals surface area contributed by atoms with E-state index in [2.05, 4.69) is 5.32 Å². The van der Waals surface area contributed by atoms with Crippen molar-refractivity contribution in [1.29, 1.82) is 0 Å². The molecule has 2 aliphatic rings. The molecule has 2 rings (SSSR count). The molecule has 3 nitrogen and oxygen atoms in total. The Hall–Kier alpha value is -0.280. The minimum absolute atomic E-state index is 0. The lowest BCUT2D eigenvalue weighted by Gasteiger charge is -2.24. The first-order chi connectivity index (χ1) is 5.86. The SMILES string of the molecule is Cl.O=C(OC1CCNC1)C1CCC1. The molecule has 1 saturated carbocycles. The Bertz CT molecular complexity index is 176. The maximum Gasteiger partial charge on any atom is 0.309 e. The number of esters is 1. The van der Waals surface area contributed by atoms with Crippen LogP contribution >= 0.6 is 12.4 Å². The monoisotopic (exact) mass is 205 g/mol. The lowest BCUT2D eigenvalue weighted by molar-refractivity contribution is -0.156. The van der Waals surface area contributed by atoms with E-state index < -0.39 is 0 Å². The molecule has 0 amide bonds. The predicted molar refractivity (Wildman–Crippen MR) is 52.0 cm³/mol. The zero-order valence-corrected chi connectivity index (χ0v) is 8.44. The standard InChI is InChI=1S/C9H15NO2.ClH/c11-9(7-2-1-3-7)12-8-4-5-10-6-8;/h7-8,10H,1-6H2;1H. The summed E-state index contributed by atoms with van der Waals surface area (Å²) in [5, 5.41) is 3.18. The van der Waals surface area contributed by atoms with Crippen molar-refractivity contribution in [2.75, 3.05) is 13.1 Å². The Morgan fingerprint density at radius 1 is 1.31 bits per heavy atom. The molecule has 0 radical (unpaired) electrons. The van der Waals surface area contributed by atoms with E-state index >= 15 is 0 Å². The molecule has 0 bridgehead atoms. The first kappa shape index (κ1) is 10.8. The molecule has 1 saturated heterocycles. The van der Waals surface area contributed by atoms with E-state index in [9.17, 15) is 4.79 Å². The lowest BCUT2D eigenvalue weighted by Crippen LogP contribution is -2.29. The number of halogens is 1. The molecule has 13 heavy (non-hydrogen) atoms. The maximum atomic E-state index is 11.3. The fourth-order valence-corrected chi connectivity index (χ4v) is 1.63. The van der Waals surface area contributed by atoms with Crippen LogP contribution in [0, 0.1) is 5.92 Å². The van der Waals surface area contributed by atoms with E-state index in [0.29, 0.717) is 0 Å². The zero-order chi connectivity index (χ0) is 8.39. The number of carbonyl (C=O) groups is 1. The Balaban J connectivity index is 0.000000845. The number of hydrogen-bond acceptors (Lipinski definition) is 3. The topological polar surface area (TPSA) is 38.3 Å². The fourth-order valence-electron chi connectivity index (χ4n) is 1.63. The van der Waals surface area contributed by atoms with Crippen LogP contribution in [-0.2, 0) is 9.53 Å². The van der Waals surface area contributed by atoms with Crippen molar-refractivity contribution in [3.8, 4) is 0 Å². The van der Waals surface area contributed by atoms with Crippen LogP contribution < -0.4 is 5.32 Å². The third-order valence-electron chi connectivity index (χ3n) is 2.74. The van der Waals surface area contributed by atoms with Gasteiger partial charge in [-0.2, -0.15) is 0 Å². The average molecular weight is 206 g/mol. The third-order valence-corrected chi connectivity index (χ3v) is 2.74. The van der Waals surface area contributed by atoms with E-state index in [1.54, 1.807) is 0 Å². The lowest BCUT2D eigenvalue weighted by atomic mass is 9.86. The molecule has 1 aliphatic heterocycles. The summed E-state index contributed by atoms with van der Waals surface area (Å²) in [4.78, 5) is 11.3. The summed E-state index contributed by atoms with van der Waals surface area (Å²) in [6.07, 6.45) is 4.41. The number of hydrogen-bond donors (Lipinski definition) is 1. The predicted octanol–water partition coefficient (Wildman–Crippen LogP) is 1.11. The van der Waals surface area contributed by atoms with Gasteiger partial charge in [0.2, 0.25) is 0 Å². The van der Waals surface area contributed by atoms with Crippen molar-refractivity contribution in [3.05, 3.63) is 0 Å². The number of carbonyl (C=O) groups excluding carboxylic acids is 1. The first-order valence-corrected chi connectivity index (χ1v) is 4.77. The second-order valence-corrected chi connectivity index (χ2v) is 3.68. The van der Waals surface area contributed by atoms with Crippen molar-refractivity contribution in [1.82, 2.24) is 5.32 Å². The van der Waals surface area contributed by atoms with Gasteiger partial charge in [0.05, 0.1) is 5.92 Å². The molecule has 4 heteroatoms. The quantitative estimate of drug-likeness (QED) is 0.687. The molecule has 0 aromatic rings. The van der Waals surface area contributed by atoms with Crippen molar-refractivity contribution in [3.63, 3.8) is 0 Å². The van der Waals surface area contributed by atoms with Crippen LogP contribution in [0.25, 0.3) is 0 Å².